The van der Waals surface area contributed by atoms with E-state index in [0.29, 0.717) is 13.1 Å². The summed E-state index contributed by atoms with van der Waals surface area (Å²) in [5.74, 6) is -1.15. The van der Waals surface area contributed by atoms with Crippen LogP contribution in [0.1, 0.15) is 12.6 Å². The highest BCUT2D eigenvalue weighted by Crippen LogP contribution is 2.33. The number of nitrogens with one attached hydrogen (secondary N) is 1. The van der Waals surface area contributed by atoms with E-state index >= 15 is 0 Å². The average molecular weight is 206 g/mol. The Bertz CT molecular complexity index is 366. The third-order valence-electron chi connectivity index (χ3n) is 3.16. The molecular formula is C11H14N2O2. The van der Waals surface area contributed by atoms with Crippen molar-refractivity contribution in [2.45, 2.75) is 12.3 Å². The molecule has 80 valence electrons. The van der Waals surface area contributed by atoms with Crippen molar-refractivity contribution in [3.8, 4) is 0 Å². The van der Waals surface area contributed by atoms with Gasteiger partial charge in [-0.05, 0) is 12.1 Å². The maximum Gasteiger partial charge on any atom is 0.308 e. The van der Waals surface area contributed by atoms with E-state index in [4.69, 9.17) is 5.11 Å². The average Bonchev–Trinajstić information content (AvgIpc) is 2.63. The van der Waals surface area contributed by atoms with Crippen molar-refractivity contribution in [3.05, 3.63) is 30.1 Å². The number of hydrogen-bond donors (Lipinski definition) is 2. The predicted octanol–water partition coefficient (Wildman–Crippen LogP) is 0.643. The molecule has 0 unspecified atom stereocenters. The Balaban J connectivity index is 2.37. The molecule has 0 bridgehead atoms. The van der Waals surface area contributed by atoms with Gasteiger partial charge in [0.05, 0.1) is 5.92 Å². The molecule has 1 saturated heterocycles. The minimum atomic E-state index is -0.756. The molecule has 2 atom stereocenters. The lowest BCUT2D eigenvalue weighted by Gasteiger charge is -2.26. The summed E-state index contributed by atoms with van der Waals surface area (Å²) in [6.45, 7) is 3.14. The van der Waals surface area contributed by atoms with Gasteiger partial charge in [0, 0.05) is 30.4 Å². The Kier molecular flexibility index (Phi) is 2.44. The van der Waals surface area contributed by atoms with Crippen LogP contribution in [0.3, 0.4) is 0 Å². The Morgan fingerprint density at radius 1 is 1.67 bits per heavy atom. The molecule has 4 heteroatoms. The van der Waals surface area contributed by atoms with Gasteiger partial charge in [-0.25, -0.2) is 0 Å². The summed E-state index contributed by atoms with van der Waals surface area (Å²) in [7, 11) is 0. The fourth-order valence-electron chi connectivity index (χ4n) is 2.15. The molecule has 15 heavy (non-hydrogen) atoms. The fourth-order valence-corrected chi connectivity index (χ4v) is 2.15. The van der Waals surface area contributed by atoms with Crippen molar-refractivity contribution in [2.24, 2.45) is 5.92 Å². The molecule has 0 amide bonds. The molecule has 1 aromatic rings. The zero-order valence-corrected chi connectivity index (χ0v) is 8.60. The van der Waals surface area contributed by atoms with Crippen LogP contribution >= 0.6 is 0 Å². The lowest BCUT2D eigenvalue weighted by molar-refractivity contribution is -0.142. The van der Waals surface area contributed by atoms with E-state index in [0.717, 1.165) is 5.69 Å². The second-order valence-electron chi connectivity index (χ2n) is 4.15. The first-order valence-electron chi connectivity index (χ1n) is 4.99. The van der Waals surface area contributed by atoms with E-state index < -0.39 is 17.3 Å². The SMILES string of the molecule is C[C@@]1(c2ccccn2)CNC[C@H]1C(=O)O. The predicted molar refractivity (Wildman–Crippen MR) is 55.6 cm³/mol. The van der Waals surface area contributed by atoms with Crippen LogP contribution < -0.4 is 5.32 Å². The van der Waals surface area contributed by atoms with Crippen LogP contribution in [-0.2, 0) is 10.2 Å². The van der Waals surface area contributed by atoms with Gasteiger partial charge in [-0.3, -0.25) is 9.78 Å². The number of aromatic nitrogens is 1. The molecule has 2 N–H and O–H groups in total. The van der Waals surface area contributed by atoms with E-state index in [-0.39, 0.29) is 0 Å². The first-order chi connectivity index (χ1) is 7.14. The Morgan fingerprint density at radius 2 is 2.47 bits per heavy atom. The summed E-state index contributed by atoms with van der Waals surface area (Å²) in [6.07, 6.45) is 1.71. The summed E-state index contributed by atoms with van der Waals surface area (Å²) in [5.41, 5.74) is 0.454. The summed E-state index contributed by atoms with van der Waals surface area (Å²) in [6, 6.07) is 5.62. The highest BCUT2D eigenvalue weighted by atomic mass is 16.4. The molecule has 1 aliphatic rings. The van der Waals surface area contributed by atoms with Crippen LogP contribution in [0.4, 0.5) is 0 Å². The highest BCUT2D eigenvalue weighted by molar-refractivity contribution is 5.73. The van der Waals surface area contributed by atoms with Crippen molar-refractivity contribution in [2.75, 3.05) is 13.1 Å². The molecule has 1 aromatic heterocycles. The lowest BCUT2D eigenvalue weighted by atomic mass is 9.77. The summed E-state index contributed by atoms with van der Waals surface area (Å²) >= 11 is 0. The molecule has 1 fully saturated rings. The minimum absolute atomic E-state index is 0.396. The summed E-state index contributed by atoms with van der Waals surface area (Å²) in [4.78, 5) is 15.4. The molecule has 2 rings (SSSR count). The van der Waals surface area contributed by atoms with Crippen molar-refractivity contribution in [1.82, 2.24) is 10.3 Å². The second-order valence-corrected chi connectivity index (χ2v) is 4.15. The van der Waals surface area contributed by atoms with Crippen molar-refractivity contribution in [1.29, 1.82) is 0 Å². The van der Waals surface area contributed by atoms with Gasteiger partial charge in [-0.1, -0.05) is 13.0 Å². The summed E-state index contributed by atoms with van der Waals surface area (Å²) in [5, 5.41) is 12.3. The fraction of sp³-hybridized carbons (Fsp3) is 0.455. The molecule has 0 aliphatic carbocycles. The van der Waals surface area contributed by atoms with E-state index in [1.54, 1.807) is 6.20 Å². The number of aliphatic carboxylic acids is 1. The molecule has 0 aromatic carbocycles. The van der Waals surface area contributed by atoms with E-state index in [2.05, 4.69) is 10.3 Å². The van der Waals surface area contributed by atoms with Gasteiger partial charge in [0.25, 0.3) is 0 Å². The zero-order valence-electron chi connectivity index (χ0n) is 8.60. The van der Waals surface area contributed by atoms with Gasteiger partial charge in [0.15, 0.2) is 0 Å². The minimum Gasteiger partial charge on any atom is -0.481 e. The quantitative estimate of drug-likeness (QED) is 0.745. The second kappa shape index (κ2) is 3.62. The topological polar surface area (TPSA) is 62.2 Å². The van der Waals surface area contributed by atoms with E-state index in [1.807, 2.05) is 25.1 Å². The lowest BCUT2D eigenvalue weighted by Crippen LogP contribution is -2.37. The van der Waals surface area contributed by atoms with E-state index in [9.17, 15) is 4.79 Å². The normalized spacial score (nSPS) is 30.3. The van der Waals surface area contributed by atoms with Crippen LogP contribution in [0.5, 0.6) is 0 Å². The Morgan fingerprint density at radius 3 is 3.07 bits per heavy atom. The van der Waals surface area contributed by atoms with Crippen molar-refractivity contribution >= 4 is 5.97 Å². The van der Waals surface area contributed by atoms with Crippen LogP contribution in [-0.4, -0.2) is 29.1 Å². The first kappa shape index (κ1) is 10.1. The third kappa shape index (κ3) is 1.61. The van der Waals surface area contributed by atoms with Crippen molar-refractivity contribution in [3.63, 3.8) is 0 Å². The monoisotopic (exact) mass is 206 g/mol. The largest absolute Gasteiger partial charge is 0.481 e. The zero-order chi connectivity index (χ0) is 10.9. The maximum absolute atomic E-state index is 11.1. The number of carboxylic acids is 1. The van der Waals surface area contributed by atoms with E-state index in [1.165, 1.54) is 0 Å². The molecule has 2 heterocycles. The molecular weight excluding hydrogens is 192 g/mol. The number of rotatable bonds is 2. The Labute approximate surface area is 88.3 Å². The number of nitrogens with zero attached hydrogens (tertiary/aromatic N) is 1. The molecule has 0 radical (unpaired) electrons. The maximum atomic E-state index is 11.1. The van der Waals surface area contributed by atoms with Crippen molar-refractivity contribution < 1.29 is 9.90 Å². The van der Waals surface area contributed by atoms with Gasteiger partial charge < -0.3 is 10.4 Å². The standard InChI is InChI=1S/C11H14N2O2/c1-11(9-4-2-3-5-13-9)7-12-6-8(11)10(14)15/h2-5,8,12H,6-7H2,1H3,(H,14,15)/t8-,11+/m0/s1. The molecule has 1 aliphatic heterocycles. The highest BCUT2D eigenvalue weighted by Gasteiger charge is 2.45. The number of carboxylic acid groups (broad SMARTS) is 1. The van der Waals surface area contributed by atoms with Crippen LogP contribution in [0.2, 0.25) is 0 Å². The smallest absolute Gasteiger partial charge is 0.308 e. The van der Waals surface area contributed by atoms with Crippen LogP contribution in [0.15, 0.2) is 24.4 Å². The third-order valence-corrected chi connectivity index (χ3v) is 3.16. The van der Waals surface area contributed by atoms with Crippen LogP contribution in [0, 0.1) is 5.92 Å². The number of carbonyl (C=O) groups is 1. The van der Waals surface area contributed by atoms with Gasteiger partial charge in [0.1, 0.15) is 0 Å². The van der Waals surface area contributed by atoms with Crippen LogP contribution in [0.25, 0.3) is 0 Å². The molecule has 4 nitrogen and oxygen atoms in total. The van der Waals surface area contributed by atoms with Gasteiger partial charge in [0.2, 0.25) is 0 Å². The number of pyridine rings is 1. The number of hydrogen-bond acceptors (Lipinski definition) is 3. The van der Waals surface area contributed by atoms with Gasteiger partial charge in [-0.15, -0.1) is 0 Å². The molecule has 0 spiro atoms. The molecule has 0 saturated carbocycles. The Hall–Kier alpha value is -1.42. The summed E-state index contributed by atoms with van der Waals surface area (Å²) < 4.78 is 0. The van der Waals surface area contributed by atoms with Gasteiger partial charge >= 0.3 is 5.97 Å². The van der Waals surface area contributed by atoms with Gasteiger partial charge in [-0.2, -0.15) is 0 Å². The first-order valence-corrected chi connectivity index (χ1v) is 4.99.